The molecule has 2 rings (SSSR count). The van der Waals surface area contributed by atoms with Gasteiger partial charge in [-0.25, -0.2) is 4.39 Å². The molecule has 4 nitrogen and oxygen atoms in total. The second-order valence-electron chi connectivity index (χ2n) is 4.51. The highest BCUT2D eigenvalue weighted by Gasteiger charge is 2.08. The third-order valence-electron chi connectivity index (χ3n) is 2.96. The van der Waals surface area contributed by atoms with Crippen LogP contribution in [0.3, 0.4) is 0 Å². The average molecular weight is 273 g/mol. The molecule has 0 fully saturated rings. The molecule has 0 radical (unpaired) electrons. The fourth-order valence-corrected chi connectivity index (χ4v) is 1.95. The van der Waals surface area contributed by atoms with E-state index in [9.17, 15) is 4.39 Å². The lowest BCUT2D eigenvalue weighted by atomic mass is 10.1. The summed E-state index contributed by atoms with van der Waals surface area (Å²) < 4.78 is 13.2. The smallest absolute Gasteiger partial charge is 0.170 e. The highest BCUT2D eigenvalue weighted by atomic mass is 19.1. The monoisotopic (exact) mass is 273 g/mol. The molecule has 0 spiro atoms. The zero-order valence-corrected chi connectivity index (χ0v) is 11.1. The van der Waals surface area contributed by atoms with Crippen molar-refractivity contribution in [1.29, 1.82) is 0 Å². The van der Waals surface area contributed by atoms with Crippen LogP contribution < -0.4 is 11.1 Å². The van der Waals surface area contributed by atoms with Crippen LogP contribution in [0.2, 0.25) is 0 Å². The number of hydrogen-bond donors (Lipinski definition) is 3. The van der Waals surface area contributed by atoms with Gasteiger partial charge in [-0.15, -0.1) is 0 Å². The Morgan fingerprint density at radius 2 is 2.10 bits per heavy atom. The SMILES string of the molecule is Cc1cccc(NCc2ccc(F)cc2C(N)=NO)c1. The van der Waals surface area contributed by atoms with Crippen molar-refractivity contribution in [2.75, 3.05) is 5.32 Å². The Balaban J connectivity index is 2.21. The van der Waals surface area contributed by atoms with E-state index in [4.69, 9.17) is 10.9 Å². The maximum absolute atomic E-state index is 13.2. The first-order chi connectivity index (χ1) is 9.60. The highest BCUT2D eigenvalue weighted by Crippen LogP contribution is 2.15. The predicted molar refractivity (Wildman–Crippen MR) is 77.4 cm³/mol. The molecule has 104 valence electrons. The molecule has 2 aromatic rings. The molecule has 0 aliphatic rings. The largest absolute Gasteiger partial charge is 0.409 e. The fourth-order valence-electron chi connectivity index (χ4n) is 1.95. The maximum Gasteiger partial charge on any atom is 0.170 e. The van der Waals surface area contributed by atoms with Crippen molar-refractivity contribution in [3.05, 3.63) is 65.0 Å². The number of nitrogens with two attached hydrogens (primary N) is 1. The Labute approximate surface area is 116 Å². The molecule has 0 heterocycles. The van der Waals surface area contributed by atoms with Gasteiger partial charge in [-0.3, -0.25) is 0 Å². The van der Waals surface area contributed by atoms with E-state index in [1.165, 1.54) is 12.1 Å². The molecule has 4 N–H and O–H groups in total. The molecule has 20 heavy (non-hydrogen) atoms. The van der Waals surface area contributed by atoms with Crippen LogP contribution in [0.1, 0.15) is 16.7 Å². The molecule has 0 amide bonds. The van der Waals surface area contributed by atoms with E-state index in [0.717, 1.165) is 16.8 Å². The van der Waals surface area contributed by atoms with Gasteiger partial charge >= 0.3 is 0 Å². The Morgan fingerprint density at radius 3 is 2.80 bits per heavy atom. The molecule has 0 atom stereocenters. The van der Waals surface area contributed by atoms with Crippen LogP contribution in [0.4, 0.5) is 10.1 Å². The van der Waals surface area contributed by atoms with Crippen molar-refractivity contribution in [2.45, 2.75) is 13.5 Å². The van der Waals surface area contributed by atoms with Crippen LogP contribution in [0.25, 0.3) is 0 Å². The molecule has 0 aliphatic heterocycles. The number of rotatable bonds is 4. The predicted octanol–water partition coefficient (Wildman–Crippen LogP) is 2.84. The normalized spacial score (nSPS) is 11.4. The van der Waals surface area contributed by atoms with E-state index in [-0.39, 0.29) is 5.84 Å². The standard InChI is InChI=1S/C15H16FN3O/c1-10-3-2-4-13(7-10)18-9-11-5-6-12(16)8-14(11)15(17)19-20/h2-8,18,20H,9H2,1H3,(H2,17,19). The summed E-state index contributed by atoms with van der Waals surface area (Å²) in [5.74, 6) is -0.531. The van der Waals surface area contributed by atoms with Crippen LogP contribution in [0.5, 0.6) is 0 Å². The average Bonchev–Trinajstić information content (AvgIpc) is 2.45. The topological polar surface area (TPSA) is 70.6 Å². The first-order valence-electron chi connectivity index (χ1n) is 6.17. The fraction of sp³-hybridized carbons (Fsp3) is 0.133. The second kappa shape index (κ2) is 6.06. The molecule has 5 heteroatoms. The zero-order valence-electron chi connectivity index (χ0n) is 11.1. The van der Waals surface area contributed by atoms with Gasteiger partial charge in [-0.1, -0.05) is 23.4 Å². The van der Waals surface area contributed by atoms with E-state index in [2.05, 4.69) is 10.5 Å². The van der Waals surface area contributed by atoms with E-state index in [1.807, 2.05) is 31.2 Å². The van der Waals surface area contributed by atoms with Crippen molar-refractivity contribution < 1.29 is 9.60 Å². The van der Waals surface area contributed by atoms with Crippen LogP contribution in [-0.4, -0.2) is 11.0 Å². The Hall–Kier alpha value is -2.56. The number of halogens is 1. The summed E-state index contributed by atoms with van der Waals surface area (Å²) in [6.45, 7) is 2.46. The van der Waals surface area contributed by atoms with Gasteiger partial charge in [0, 0.05) is 17.8 Å². The summed E-state index contributed by atoms with van der Waals surface area (Å²) in [6, 6.07) is 12.1. The molecule has 2 aromatic carbocycles. The quantitative estimate of drug-likeness (QED) is 0.347. The van der Waals surface area contributed by atoms with Crippen molar-refractivity contribution >= 4 is 11.5 Å². The van der Waals surface area contributed by atoms with Crippen LogP contribution in [0, 0.1) is 12.7 Å². The molecule has 0 saturated heterocycles. The van der Waals surface area contributed by atoms with E-state index >= 15 is 0 Å². The minimum Gasteiger partial charge on any atom is -0.409 e. The summed E-state index contributed by atoms with van der Waals surface area (Å²) in [5.41, 5.74) is 8.80. The van der Waals surface area contributed by atoms with Gasteiger partial charge in [-0.05, 0) is 42.3 Å². The second-order valence-corrected chi connectivity index (χ2v) is 4.51. The maximum atomic E-state index is 13.2. The van der Waals surface area contributed by atoms with Crippen molar-refractivity contribution in [2.24, 2.45) is 10.9 Å². The van der Waals surface area contributed by atoms with Crippen LogP contribution >= 0.6 is 0 Å². The summed E-state index contributed by atoms with van der Waals surface area (Å²) in [6.07, 6.45) is 0. The summed E-state index contributed by atoms with van der Waals surface area (Å²) in [5, 5.41) is 14.9. The first-order valence-corrected chi connectivity index (χ1v) is 6.17. The van der Waals surface area contributed by atoms with E-state index < -0.39 is 5.82 Å². The minimum atomic E-state index is -0.425. The molecule has 0 unspecified atom stereocenters. The summed E-state index contributed by atoms with van der Waals surface area (Å²) in [4.78, 5) is 0. The minimum absolute atomic E-state index is 0.106. The Kier molecular flexibility index (Phi) is 4.20. The number of aryl methyl sites for hydroxylation is 1. The number of hydrogen-bond acceptors (Lipinski definition) is 3. The van der Waals surface area contributed by atoms with Gasteiger partial charge in [0.1, 0.15) is 5.82 Å². The number of nitrogens with zero attached hydrogens (tertiary/aromatic N) is 1. The molecule has 0 aromatic heterocycles. The van der Waals surface area contributed by atoms with E-state index in [1.54, 1.807) is 6.07 Å². The van der Waals surface area contributed by atoms with Gasteiger partial charge in [0.05, 0.1) is 0 Å². The third kappa shape index (κ3) is 3.26. The lowest BCUT2D eigenvalue weighted by molar-refractivity contribution is 0.318. The Morgan fingerprint density at radius 1 is 1.30 bits per heavy atom. The van der Waals surface area contributed by atoms with Gasteiger partial charge in [-0.2, -0.15) is 0 Å². The van der Waals surface area contributed by atoms with Crippen molar-refractivity contribution in [3.63, 3.8) is 0 Å². The summed E-state index contributed by atoms with van der Waals surface area (Å²) >= 11 is 0. The Bertz CT molecular complexity index is 641. The molecule has 0 bridgehead atoms. The molecular formula is C15H16FN3O. The van der Waals surface area contributed by atoms with Crippen molar-refractivity contribution in [3.8, 4) is 0 Å². The van der Waals surface area contributed by atoms with Gasteiger partial charge < -0.3 is 16.3 Å². The number of amidine groups is 1. The van der Waals surface area contributed by atoms with Crippen LogP contribution in [-0.2, 0) is 6.54 Å². The number of benzene rings is 2. The molecular weight excluding hydrogens is 257 g/mol. The van der Waals surface area contributed by atoms with Gasteiger partial charge in [0.15, 0.2) is 5.84 Å². The number of anilines is 1. The summed E-state index contributed by atoms with van der Waals surface area (Å²) in [7, 11) is 0. The number of oxime groups is 1. The third-order valence-corrected chi connectivity index (χ3v) is 2.96. The van der Waals surface area contributed by atoms with Gasteiger partial charge in [0.25, 0.3) is 0 Å². The zero-order chi connectivity index (χ0) is 14.5. The van der Waals surface area contributed by atoms with Crippen molar-refractivity contribution in [1.82, 2.24) is 0 Å². The number of nitrogens with one attached hydrogen (secondary N) is 1. The molecule has 0 aliphatic carbocycles. The van der Waals surface area contributed by atoms with E-state index in [0.29, 0.717) is 12.1 Å². The van der Waals surface area contributed by atoms with Gasteiger partial charge in [0.2, 0.25) is 0 Å². The highest BCUT2D eigenvalue weighted by molar-refractivity contribution is 5.98. The van der Waals surface area contributed by atoms with Crippen LogP contribution in [0.15, 0.2) is 47.6 Å². The lowest BCUT2D eigenvalue weighted by Crippen LogP contribution is -2.17. The first kappa shape index (κ1) is 13.9. The lowest BCUT2D eigenvalue weighted by Gasteiger charge is -2.11. The molecule has 0 saturated carbocycles.